The Morgan fingerprint density at radius 3 is 2.16 bits per heavy atom. The molecule has 0 bridgehead atoms. The van der Waals surface area contributed by atoms with E-state index in [0.717, 1.165) is 6.92 Å². The lowest BCUT2D eigenvalue weighted by molar-refractivity contribution is -0.353. The summed E-state index contributed by atoms with van der Waals surface area (Å²) in [5, 5.41) is 59.4. The van der Waals surface area contributed by atoms with Crippen molar-refractivity contribution in [2.45, 2.75) is 75.3 Å². The molecule has 0 amide bonds. The van der Waals surface area contributed by atoms with Crippen LogP contribution in [0.15, 0.2) is 0 Å². The van der Waals surface area contributed by atoms with E-state index >= 15 is 0 Å². The van der Waals surface area contributed by atoms with Crippen molar-refractivity contribution in [1.29, 1.82) is 0 Å². The van der Waals surface area contributed by atoms with Crippen LogP contribution in [0.5, 0.6) is 0 Å². The highest BCUT2D eigenvalue weighted by Gasteiger charge is 2.49. The molecule has 10 atom stereocenters. The van der Waals surface area contributed by atoms with Crippen molar-refractivity contribution < 1.29 is 54.4 Å². The molecule has 0 aromatic rings. The third kappa shape index (κ3) is 4.45. The molecule has 11 nitrogen and oxygen atoms in total. The zero-order valence-electron chi connectivity index (χ0n) is 13.7. The number of hydrogen-bond donors (Lipinski definition) is 6. The molecule has 0 saturated carbocycles. The summed E-state index contributed by atoms with van der Waals surface area (Å²) in [7, 11) is 0. The van der Waals surface area contributed by atoms with Crippen LogP contribution >= 0.6 is 0 Å². The molecule has 2 fully saturated rings. The van der Waals surface area contributed by atoms with Gasteiger partial charge in [-0.25, -0.2) is 0 Å². The van der Waals surface area contributed by atoms with E-state index in [4.69, 9.17) is 18.9 Å². The predicted octanol–water partition coefficient (Wildman–Crippen LogP) is -3.80. The van der Waals surface area contributed by atoms with Crippen LogP contribution in [-0.2, 0) is 23.7 Å². The average molecular weight is 368 g/mol. The molecular formula is C14H24O11. The third-order valence-electron chi connectivity index (χ3n) is 4.21. The van der Waals surface area contributed by atoms with E-state index in [1.807, 2.05) is 0 Å². The first-order valence-corrected chi connectivity index (χ1v) is 7.81. The van der Waals surface area contributed by atoms with E-state index < -0.39 is 74.0 Å². The lowest BCUT2D eigenvalue weighted by Gasteiger charge is -2.45. The summed E-state index contributed by atoms with van der Waals surface area (Å²) in [6, 6.07) is 0. The Morgan fingerprint density at radius 2 is 1.56 bits per heavy atom. The smallest absolute Gasteiger partial charge is 0.302 e. The Labute approximate surface area is 143 Å². The maximum atomic E-state index is 10.9. The van der Waals surface area contributed by atoms with Crippen molar-refractivity contribution in [3.05, 3.63) is 0 Å². The van der Waals surface area contributed by atoms with Crippen LogP contribution in [-0.4, -0.2) is 105 Å². The standard InChI is InChI=1S/C14H24O11/c1-4-7(16)12(11(20)13(21)23-4)25-14-10(19)9(18)8(17)6(24-14)3-22-5(2)15/h4,6-14,16-21H,3H2,1-2H3/t4-,6-,7+,8-,9+,10-,11-,12+,13?,14+/m1/s1. The molecule has 0 spiro atoms. The normalized spacial score (nSPS) is 48.2. The Bertz CT molecular complexity index is 446. The molecule has 0 aromatic carbocycles. The first-order chi connectivity index (χ1) is 11.6. The maximum Gasteiger partial charge on any atom is 0.302 e. The largest absolute Gasteiger partial charge is 0.463 e. The third-order valence-corrected chi connectivity index (χ3v) is 4.21. The molecule has 0 aromatic heterocycles. The first kappa shape index (κ1) is 20.4. The highest BCUT2D eigenvalue weighted by atomic mass is 16.7. The van der Waals surface area contributed by atoms with Gasteiger partial charge in [0, 0.05) is 6.92 Å². The first-order valence-electron chi connectivity index (χ1n) is 7.81. The molecule has 2 aliphatic heterocycles. The van der Waals surface area contributed by atoms with Gasteiger partial charge in [0.15, 0.2) is 12.6 Å². The fraction of sp³-hybridized carbons (Fsp3) is 0.929. The molecular weight excluding hydrogens is 344 g/mol. The average Bonchev–Trinajstić information content (AvgIpc) is 2.55. The van der Waals surface area contributed by atoms with E-state index in [1.54, 1.807) is 0 Å². The number of ether oxygens (including phenoxy) is 4. The second-order valence-electron chi connectivity index (χ2n) is 6.13. The van der Waals surface area contributed by atoms with Crippen LogP contribution < -0.4 is 0 Å². The number of carbonyl (C=O) groups excluding carboxylic acids is 1. The second kappa shape index (κ2) is 8.20. The molecule has 11 heteroatoms. The molecule has 2 saturated heterocycles. The second-order valence-corrected chi connectivity index (χ2v) is 6.13. The van der Waals surface area contributed by atoms with Crippen molar-refractivity contribution in [1.82, 2.24) is 0 Å². The van der Waals surface area contributed by atoms with Gasteiger partial charge in [-0.1, -0.05) is 0 Å². The van der Waals surface area contributed by atoms with Gasteiger partial charge in [0.05, 0.1) is 6.10 Å². The molecule has 0 radical (unpaired) electrons. The molecule has 2 rings (SSSR count). The molecule has 146 valence electrons. The Kier molecular flexibility index (Phi) is 6.70. The minimum atomic E-state index is -1.71. The lowest BCUT2D eigenvalue weighted by atomic mass is 9.97. The van der Waals surface area contributed by atoms with Gasteiger partial charge in [-0.3, -0.25) is 4.79 Å². The zero-order valence-corrected chi connectivity index (χ0v) is 13.7. The lowest BCUT2D eigenvalue weighted by Crippen LogP contribution is -2.64. The van der Waals surface area contributed by atoms with Crippen LogP contribution in [0, 0.1) is 0 Å². The summed E-state index contributed by atoms with van der Waals surface area (Å²) < 4.78 is 20.3. The van der Waals surface area contributed by atoms with Gasteiger partial charge >= 0.3 is 5.97 Å². The number of esters is 1. The van der Waals surface area contributed by atoms with Crippen molar-refractivity contribution in [3.63, 3.8) is 0 Å². The van der Waals surface area contributed by atoms with E-state index in [0.29, 0.717) is 0 Å². The summed E-state index contributed by atoms with van der Waals surface area (Å²) in [6.45, 7) is 2.18. The highest BCUT2D eigenvalue weighted by Crippen LogP contribution is 2.28. The number of rotatable bonds is 4. The quantitative estimate of drug-likeness (QED) is 0.268. The van der Waals surface area contributed by atoms with Gasteiger partial charge in [0.1, 0.15) is 49.3 Å². The number of carbonyl (C=O) groups is 1. The van der Waals surface area contributed by atoms with E-state index in [1.165, 1.54) is 6.92 Å². The molecule has 1 unspecified atom stereocenters. The van der Waals surface area contributed by atoms with Gasteiger partial charge in [-0.15, -0.1) is 0 Å². The molecule has 0 aliphatic carbocycles. The van der Waals surface area contributed by atoms with Crippen molar-refractivity contribution in [2.24, 2.45) is 0 Å². The monoisotopic (exact) mass is 368 g/mol. The van der Waals surface area contributed by atoms with Crippen LogP contribution in [0.3, 0.4) is 0 Å². The minimum absolute atomic E-state index is 0.405. The van der Waals surface area contributed by atoms with Gasteiger partial charge in [-0.2, -0.15) is 0 Å². The molecule has 2 heterocycles. The SMILES string of the molecule is CC(=O)OC[C@H]1O[C@@H](O[C@H]2[C@@H](O)[C@@H](C)OC(O)[C@@H]2O)[C@H](O)[C@@H](O)[C@@H]1O. The topological polar surface area (TPSA) is 175 Å². The highest BCUT2D eigenvalue weighted by molar-refractivity contribution is 5.65. The van der Waals surface area contributed by atoms with Crippen LogP contribution in [0.2, 0.25) is 0 Å². The van der Waals surface area contributed by atoms with Crippen LogP contribution in [0.1, 0.15) is 13.8 Å². The number of aliphatic hydroxyl groups is 6. The number of aliphatic hydroxyl groups excluding tert-OH is 6. The van der Waals surface area contributed by atoms with Gasteiger partial charge in [0.2, 0.25) is 0 Å². The van der Waals surface area contributed by atoms with E-state index in [-0.39, 0.29) is 0 Å². The van der Waals surface area contributed by atoms with Crippen molar-refractivity contribution >= 4 is 5.97 Å². The van der Waals surface area contributed by atoms with Crippen LogP contribution in [0.4, 0.5) is 0 Å². The fourth-order valence-corrected chi connectivity index (χ4v) is 2.69. The predicted molar refractivity (Wildman–Crippen MR) is 76.8 cm³/mol. The Hall–Kier alpha value is -0.890. The van der Waals surface area contributed by atoms with Crippen molar-refractivity contribution in [3.8, 4) is 0 Å². The van der Waals surface area contributed by atoms with E-state index in [9.17, 15) is 35.4 Å². The minimum Gasteiger partial charge on any atom is -0.463 e. The van der Waals surface area contributed by atoms with Gasteiger partial charge in [0.25, 0.3) is 0 Å². The van der Waals surface area contributed by atoms with Crippen molar-refractivity contribution in [2.75, 3.05) is 6.61 Å². The molecule has 25 heavy (non-hydrogen) atoms. The van der Waals surface area contributed by atoms with E-state index in [2.05, 4.69) is 0 Å². The summed E-state index contributed by atoms with van der Waals surface area (Å²) in [4.78, 5) is 10.9. The molecule has 2 aliphatic rings. The van der Waals surface area contributed by atoms with Crippen LogP contribution in [0.25, 0.3) is 0 Å². The summed E-state index contributed by atoms with van der Waals surface area (Å²) in [5.41, 5.74) is 0. The zero-order chi connectivity index (χ0) is 18.9. The van der Waals surface area contributed by atoms with Gasteiger partial charge < -0.3 is 49.6 Å². The Balaban J connectivity index is 2.09. The fourth-order valence-electron chi connectivity index (χ4n) is 2.69. The van der Waals surface area contributed by atoms with Gasteiger partial charge in [-0.05, 0) is 6.92 Å². The number of hydrogen-bond acceptors (Lipinski definition) is 11. The Morgan fingerprint density at radius 1 is 0.920 bits per heavy atom. The summed E-state index contributed by atoms with van der Waals surface area (Å²) in [5.74, 6) is -0.638. The molecule has 6 N–H and O–H groups in total. The summed E-state index contributed by atoms with van der Waals surface area (Å²) in [6.07, 6.45) is -14.6. The maximum absolute atomic E-state index is 10.9. The summed E-state index contributed by atoms with van der Waals surface area (Å²) >= 11 is 0.